The fourth-order valence-corrected chi connectivity index (χ4v) is 1.50. The molecule has 0 saturated carbocycles. The molecule has 0 amide bonds. The minimum Gasteiger partial charge on any atom is -0.394 e. The van der Waals surface area contributed by atoms with Crippen LogP contribution < -0.4 is 5.32 Å². The predicted octanol–water partition coefficient (Wildman–Crippen LogP) is -1.26. The summed E-state index contributed by atoms with van der Waals surface area (Å²) >= 11 is 0. The van der Waals surface area contributed by atoms with Gasteiger partial charge in [-0.2, -0.15) is 0 Å². The Kier molecular flexibility index (Phi) is 1.85. The highest BCUT2D eigenvalue weighted by Crippen LogP contribution is 2.24. The molecular formula is C7H13NO3. The first-order valence-electron chi connectivity index (χ1n) is 3.92. The Balaban J connectivity index is 1.92. The number of hydrogen-bond acceptors (Lipinski definition) is 4. The van der Waals surface area contributed by atoms with E-state index >= 15 is 0 Å². The molecule has 2 rings (SSSR count). The third-order valence-electron chi connectivity index (χ3n) is 2.17. The van der Waals surface area contributed by atoms with Crippen molar-refractivity contribution in [2.75, 3.05) is 32.9 Å². The van der Waals surface area contributed by atoms with Crippen molar-refractivity contribution in [3.63, 3.8) is 0 Å². The molecule has 4 nitrogen and oxygen atoms in total. The Labute approximate surface area is 65.5 Å². The van der Waals surface area contributed by atoms with Crippen LogP contribution in [0.5, 0.6) is 0 Å². The van der Waals surface area contributed by atoms with Gasteiger partial charge in [-0.3, -0.25) is 0 Å². The van der Waals surface area contributed by atoms with Crippen molar-refractivity contribution in [1.29, 1.82) is 0 Å². The van der Waals surface area contributed by atoms with E-state index in [1.165, 1.54) is 0 Å². The highest BCUT2D eigenvalue weighted by molar-refractivity contribution is 4.94. The number of ether oxygens (including phenoxy) is 2. The van der Waals surface area contributed by atoms with E-state index in [2.05, 4.69) is 5.32 Å². The summed E-state index contributed by atoms with van der Waals surface area (Å²) in [5.74, 6) is 0. The summed E-state index contributed by atoms with van der Waals surface area (Å²) in [5, 5.41) is 12.1. The molecule has 1 atom stereocenters. The van der Waals surface area contributed by atoms with Crippen molar-refractivity contribution in [3.8, 4) is 0 Å². The van der Waals surface area contributed by atoms with Gasteiger partial charge in [-0.15, -0.1) is 0 Å². The van der Waals surface area contributed by atoms with Gasteiger partial charge in [-0.05, 0) is 0 Å². The average molecular weight is 159 g/mol. The van der Waals surface area contributed by atoms with Gasteiger partial charge in [0, 0.05) is 13.1 Å². The van der Waals surface area contributed by atoms with Crippen molar-refractivity contribution in [2.45, 2.75) is 11.7 Å². The molecule has 0 unspecified atom stereocenters. The molecule has 0 radical (unpaired) electrons. The van der Waals surface area contributed by atoms with Gasteiger partial charge in [0.2, 0.25) is 0 Å². The predicted molar refractivity (Wildman–Crippen MR) is 38.4 cm³/mol. The van der Waals surface area contributed by atoms with Crippen LogP contribution >= 0.6 is 0 Å². The van der Waals surface area contributed by atoms with Gasteiger partial charge in [-0.1, -0.05) is 0 Å². The van der Waals surface area contributed by atoms with Gasteiger partial charge in [0.25, 0.3) is 0 Å². The topological polar surface area (TPSA) is 50.7 Å². The normalized spacial score (nSPS) is 35.2. The molecule has 2 aliphatic heterocycles. The molecule has 0 aromatic rings. The molecule has 0 aromatic carbocycles. The maximum Gasteiger partial charge on any atom is 0.127 e. The number of nitrogens with one attached hydrogen (secondary N) is 1. The molecule has 4 heteroatoms. The summed E-state index contributed by atoms with van der Waals surface area (Å²) in [6.45, 7) is 3.02. The molecule has 2 saturated heterocycles. The molecule has 11 heavy (non-hydrogen) atoms. The van der Waals surface area contributed by atoms with Gasteiger partial charge < -0.3 is 19.9 Å². The molecule has 0 aliphatic carbocycles. The van der Waals surface area contributed by atoms with Crippen molar-refractivity contribution in [1.82, 2.24) is 5.32 Å². The van der Waals surface area contributed by atoms with Crippen molar-refractivity contribution < 1.29 is 14.6 Å². The van der Waals surface area contributed by atoms with Crippen LogP contribution in [0, 0.1) is 0 Å². The molecule has 0 bridgehead atoms. The van der Waals surface area contributed by atoms with E-state index in [1.807, 2.05) is 0 Å². The van der Waals surface area contributed by atoms with Gasteiger partial charge in [0.15, 0.2) is 0 Å². The Morgan fingerprint density at radius 3 is 2.91 bits per heavy atom. The van der Waals surface area contributed by atoms with Crippen molar-refractivity contribution in [3.05, 3.63) is 0 Å². The zero-order valence-electron chi connectivity index (χ0n) is 6.38. The molecule has 2 N–H and O–H groups in total. The molecule has 0 aromatic heterocycles. The summed E-state index contributed by atoms with van der Waals surface area (Å²) in [6.07, 6.45) is -0.0485. The Hall–Kier alpha value is -0.160. The van der Waals surface area contributed by atoms with E-state index in [1.54, 1.807) is 0 Å². The molecule has 64 valence electrons. The average Bonchev–Trinajstić information content (AvgIpc) is 2.02. The number of rotatable bonds is 1. The van der Waals surface area contributed by atoms with Gasteiger partial charge >= 0.3 is 0 Å². The number of hydrogen-bond donors (Lipinski definition) is 2. The first-order valence-corrected chi connectivity index (χ1v) is 3.92. The van der Waals surface area contributed by atoms with Gasteiger partial charge in [-0.25, -0.2) is 0 Å². The van der Waals surface area contributed by atoms with Crippen molar-refractivity contribution in [2.24, 2.45) is 0 Å². The second kappa shape index (κ2) is 2.71. The lowest BCUT2D eigenvalue weighted by Gasteiger charge is -2.46. The van der Waals surface area contributed by atoms with E-state index < -0.39 is 0 Å². The fraction of sp³-hybridized carbons (Fsp3) is 1.00. The summed E-state index contributed by atoms with van der Waals surface area (Å²) in [5.41, 5.74) is -0.119. The molecule has 2 fully saturated rings. The maximum atomic E-state index is 8.84. The zero-order chi connectivity index (χ0) is 7.73. The minimum absolute atomic E-state index is 0.0485. The number of morpholine rings is 1. The Morgan fingerprint density at radius 1 is 1.55 bits per heavy atom. The van der Waals surface area contributed by atoms with Crippen LogP contribution in [0.4, 0.5) is 0 Å². The molecular weight excluding hydrogens is 146 g/mol. The second-order valence-electron chi connectivity index (χ2n) is 3.23. The summed E-state index contributed by atoms with van der Waals surface area (Å²) in [4.78, 5) is 0. The van der Waals surface area contributed by atoms with Crippen LogP contribution in [0.1, 0.15) is 0 Å². The number of aliphatic hydroxyl groups is 1. The second-order valence-corrected chi connectivity index (χ2v) is 3.23. The lowest BCUT2D eigenvalue weighted by molar-refractivity contribution is -0.245. The molecule has 1 spiro atoms. The highest BCUT2D eigenvalue weighted by atomic mass is 16.6. The van der Waals surface area contributed by atoms with Crippen LogP contribution in [-0.4, -0.2) is 49.7 Å². The summed E-state index contributed by atoms with van der Waals surface area (Å²) < 4.78 is 10.7. The summed E-state index contributed by atoms with van der Waals surface area (Å²) in [7, 11) is 0. The van der Waals surface area contributed by atoms with Crippen LogP contribution in [0.25, 0.3) is 0 Å². The van der Waals surface area contributed by atoms with Gasteiger partial charge in [0.05, 0.1) is 25.9 Å². The maximum absolute atomic E-state index is 8.84. The van der Waals surface area contributed by atoms with E-state index in [4.69, 9.17) is 14.6 Å². The van der Waals surface area contributed by atoms with E-state index in [0.717, 1.165) is 13.1 Å². The standard InChI is InChI=1S/C7H13NO3/c9-2-6-1-8-3-7(11-6)4-10-5-7/h6,8-9H,1-5H2/t6-/m0/s1. The SMILES string of the molecule is OC[C@@H]1CNCC2(COC2)O1. The first kappa shape index (κ1) is 7.49. The smallest absolute Gasteiger partial charge is 0.127 e. The quantitative estimate of drug-likeness (QED) is 0.501. The molecule has 2 aliphatic rings. The highest BCUT2D eigenvalue weighted by Gasteiger charge is 2.43. The van der Waals surface area contributed by atoms with Gasteiger partial charge in [0.1, 0.15) is 5.60 Å². The zero-order valence-corrected chi connectivity index (χ0v) is 6.38. The van der Waals surface area contributed by atoms with Crippen LogP contribution in [0.3, 0.4) is 0 Å². The Bertz CT molecular complexity index is 147. The summed E-state index contributed by atoms with van der Waals surface area (Å²) in [6, 6.07) is 0. The fourth-order valence-electron chi connectivity index (χ4n) is 1.50. The van der Waals surface area contributed by atoms with E-state index in [9.17, 15) is 0 Å². The Morgan fingerprint density at radius 2 is 2.36 bits per heavy atom. The van der Waals surface area contributed by atoms with Crippen LogP contribution in [-0.2, 0) is 9.47 Å². The lowest BCUT2D eigenvalue weighted by Crippen LogP contribution is -2.64. The largest absolute Gasteiger partial charge is 0.394 e. The molecule has 2 heterocycles. The first-order chi connectivity index (χ1) is 5.35. The third kappa shape index (κ3) is 1.27. The lowest BCUT2D eigenvalue weighted by atomic mass is 10.00. The van der Waals surface area contributed by atoms with E-state index in [0.29, 0.717) is 13.2 Å². The van der Waals surface area contributed by atoms with Crippen molar-refractivity contribution >= 4 is 0 Å². The van der Waals surface area contributed by atoms with Crippen LogP contribution in [0.2, 0.25) is 0 Å². The van der Waals surface area contributed by atoms with Crippen LogP contribution in [0.15, 0.2) is 0 Å². The number of aliphatic hydroxyl groups excluding tert-OH is 1. The van der Waals surface area contributed by atoms with E-state index in [-0.39, 0.29) is 18.3 Å². The monoisotopic (exact) mass is 159 g/mol. The minimum atomic E-state index is -0.119. The third-order valence-corrected chi connectivity index (χ3v) is 2.17.